The number of halogens is 1. The van der Waals surface area contributed by atoms with Gasteiger partial charge in [-0.2, -0.15) is 0 Å². The lowest BCUT2D eigenvalue weighted by Gasteiger charge is -2.11. The Labute approximate surface area is 145 Å². The molecule has 0 unspecified atom stereocenters. The summed E-state index contributed by atoms with van der Waals surface area (Å²) in [4.78, 5) is 11.9. The molecule has 0 aromatic heterocycles. The number of para-hydroxylation sites is 1. The van der Waals surface area contributed by atoms with Crippen molar-refractivity contribution in [2.24, 2.45) is 0 Å². The third-order valence-electron chi connectivity index (χ3n) is 3.06. The van der Waals surface area contributed by atoms with Gasteiger partial charge >= 0.3 is 0 Å². The van der Waals surface area contributed by atoms with Gasteiger partial charge in [0, 0.05) is 11.0 Å². The van der Waals surface area contributed by atoms with Gasteiger partial charge in [-0.3, -0.25) is 4.79 Å². The van der Waals surface area contributed by atoms with Crippen LogP contribution in [0.5, 0.6) is 5.75 Å². The smallest absolute Gasteiger partial charge is 0.238 e. The van der Waals surface area contributed by atoms with Crippen LogP contribution in [0.2, 0.25) is 0 Å². The molecule has 23 heavy (non-hydrogen) atoms. The number of nitrogens with one attached hydrogen (secondary N) is 2. The average Bonchev–Trinajstić information content (AvgIpc) is 2.51. The minimum absolute atomic E-state index is 0.0725. The molecule has 0 bridgehead atoms. The van der Waals surface area contributed by atoms with Crippen LogP contribution < -0.4 is 15.4 Å². The van der Waals surface area contributed by atoms with Gasteiger partial charge in [-0.25, -0.2) is 0 Å². The van der Waals surface area contributed by atoms with Crippen molar-refractivity contribution in [1.29, 1.82) is 0 Å². The molecule has 0 spiro atoms. The zero-order chi connectivity index (χ0) is 16.7. The highest BCUT2D eigenvalue weighted by Gasteiger charge is 2.05. The summed E-state index contributed by atoms with van der Waals surface area (Å²) in [6, 6.07) is 15.4. The summed E-state index contributed by atoms with van der Waals surface area (Å²) >= 11 is 3.41. The summed E-state index contributed by atoms with van der Waals surface area (Å²) < 4.78 is 6.47. The average molecular weight is 377 g/mol. The van der Waals surface area contributed by atoms with E-state index in [1.54, 1.807) is 0 Å². The number of benzene rings is 2. The number of anilines is 1. The molecule has 4 nitrogen and oxygen atoms in total. The van der Waals surface area contributed by atoms with Gasteiger partial charge in [0.15, 0.2) is 0 Å². The maximum absolute atomic E-state index is 11.9. The van der Waals surface area contributed by atoms with Crippen molar-refractivity contribution in [3.05, 3.63) is 58.6 Å². The minimum atomic E-state index is -0.0725. The molecular formula is C18H21BrN2O2. The molecular weight excluding hydrogens is 356 g/mol. The second kappa shape index (κ2) is 8.70. The van der Waals surface area contributed by atoms with Gasteiger partial charge in [0.05, 0.1) is 18.3 Å². The Kier molecular flexibility index (Phi) is 6.62. The van der Waals surface area contributed by atoms with E-state index in [2.05, 4.69) is 26.6 Å². The van der Waals surface area contributed by atoms with Crippen molar-refractivity contribution >= 4 is 27.5 Å². The van der Waals surface area contributed by atoms with Crippen molar-refractivity contribution in [3.8, 4) is 5.75 Å². The molecule has 0 saturated carbocycles. The van der Waals surface area contributed by atoms with Crippen molar-refractivity contribution in [2.75, 3.05) is 11.9 Å². The van der Waals surface area contributed by atoms with Crippen molar-refractivity contribution in [2.45, 2.75) is 26.5 Å². The Bertz CT molecular complexity index is 642. The Morgan fingerprint density at radius 1 is 1.13 bits per heavy atom. The first-order valence-corrected chi connectivity index (χ1v) is 8.34. The Morgan fingerprint density at radius 2 is 1.83 bits per heavy atom. The highest BCUT2D eigenvalue weighted by molar-refractivity contribution is 9.10. The normalized spacial score (nSPS) is 10.6. The molecule has 0 aliphatic rings. The largest absolute Gasteiger partial charge is 0.491 e. The lowest BCUT2D eigenvalue weighted by Crippen LogP contribution is -2.27. The molecule has 0 radical (unpaired) electrons. The van der Waals surface area contributed by atoms with Gasteiger partial charge in [0.2, 0.25) is 5.91 Å². The van der Waals surface area contributed by atoms with Crippen molar-refractivity contribution in [1.82, 2.24) is 5.32 Å². The monoisotopic (exact) mass is 376 g/mol. The quantitative estimate of drug-likeness (QED) is 0.768. The van der Waals surface area contributed by atoms with Gasteiger partial charge in [-0.1, -0.05) is 24.3 Å². The van der Waals surface area contributed by atoms with E-state index in [0.717, 1.165) is 21.5 Å². The van der Waals surface area contributed by atoms with Crippen LogP contribution in [0, 0.1) is 0 Å². The SMILES string of the molecule is CC(C)Oc1ccc(CNCC(=O)Nc2ccccc2Br)cc1. The number of carbonyl (C=O) groups excluding carboxylic acids is 1. The zero-order valence-electron chi connectivity index (χ0n) is 13.3. The van der Waals surface area contributed by atoms with Crippen molar-refractivity contribution in [3.63, 3.8) is 0 Å². The predicted molar refractivity (Wildman–Crippen MR) is 96.7 cm³/mol. The molecule has 0 aliphatic carbocycles. The van der Waals surface area contributed by atoms with E-state index in [9.17, 15) is 4.79 Å². The van der Waals surface area contributed by atoms with Crippen molar-refractivity contribution < 1.29 is 9.53 Å². The maximum Gasteiger partial charge on any atom is 0.238 e. The van der Waals surface area contributed by atoms with E-state index in [-0.39, 0.29) is 18.6 Å². The second-order valence-electron chi connectivity index (χ2n) is 5.44. The molecule has 2 aromatic rings. The number of rotatable bonds is 7. The van der Waals surface area contributed by atoms with Crippen LogP contribution >= 0.6 is 15.9 Å². The fourth-order valence-electron chi connectivity index (χ4n) is 2.04. The molecule has 2 N–H and O–H groups in total. The predicted octanol–water partition coefficient (Wildman–Crippen LogP) is 3.96. The van der Waals surface area contributed by atoms with Gasteiger partial charge in [0.25, 0.3) is 0 Å². The Balaban J connectivity index is 1.76. The molecule has 0 aliphatic heterocycles. The minimum Gasteiger partial charge on any atom is -0.491 e. The maximum atomic E-state index is 11.9. The number of carbonyl (C=O) groups is 1. The van der Waals surface area contributed by atoms with Gasteiger partial charge in [-0.15, -0.1) is 0 Å². The molecule has 0 fully saturated rings. The van der Waals surface area contributed by atoms with Crippen LogP contribution in [-0.2, 0) is 11.3 Å². The van der Waals surface area contributed by atoms with Crippen LogP contribution in [0.4, 0.5) is 5.69 Å². The fraction of sp³-hybridized carbons (Fsp3) is 0.278. The topological polar surface area (TPSA) is 50.4 Å². The number of hydrogen-bond donors (Lipinski definition) is 2. The highest BCUT2D eigenvalue weighted by atomic mass is 79.9. The van der Waals surface area contributed by atoms with E-state index in [1.165, 1.54) is 0 Å². The summed E-state index contributed by atoms with van der Waals surface area (Å²) in [6.45, 7) is 4.88. The number of hydrogen-bond acceptors (Lipinski definition) is 3. The lowest BCUT2D eigenvalue weighted by atomic mass is 10.2. The molecule has 2 aromatic carbocycles. The van der Waals surface area contributed by atoms with Gasteiger partial charge < -0.3 is 15.4 Å². The zero-order valence-corrected chi connectivity index (χ0v) is 14.9. The first-order valence-electron chi connectivity index (χ1n) is 7.55. The summed E-state index contributed by atoms with van der Waals surface area (Å²) in [5.74, 6) is 0.784. The van der Waals surface area contributed by atoms with Crippen LogP contribution in [0.25, 0.3) is 0 Å². The molecule has 1 amide bonds. The lowest BCUT2D eigenvalue weighted by molar-refractivity contribution is -0.115. The van der Waals surface area contributed by atoms with E-state index < -0.39 is 0 Å². The van der Waals surface area contributed by atoms with E-state index >= 15 is 0 Å². The van der Waals surface area contributed by atoms with Gasteiger partial charge in [0.1, 0.15) is 5.75 Å². The third kappa shape index (κ3) is 6.04. The van der Waals surface area contributed by atoms with Crippen LogP contribution in [0.15, 0.2) is 53.0 Å². The standard InChI is InChI=1S/C18H21BrN2O2/c1-13(2)23-15-9-7-14(8-10-15)11-20-12-18(22)21-17-6-4-3-5-16(17)19/h3-10,13,20H,11-12H2,1-2H3,(H,21,22). The summed E-state index contributed by atoms with van der Waals surface area (Å²) in [5.41, 5.74) is 1.88. The van der Waals surface area contributed by atoms with Gasteiger partial charge in [-0.05, 0) is 59.6 Å². The summed E-state index contributed by atoms with van der Waals surface area (Å²) in [6.07, 6.45) is 0.167. The fourth-order valence-corrected chi connectivity index (χ4v) is 2.42. The molecule has 122 valence electrons. The van der Waals surface area contributed by atoms with E-state index in [0.29, 0.717) is 6.54 Å². The molecule has 0 atom stereocenters. The van der Waals surface area contributed by atoms with E-state index in [1.807, 2.05) is 62.4 Å². The highest BCUT2D eigenvalue weighted by Crippen LogP contribution is 2.20. The van der Waals surface area contributed by atoms with Crippen LogP contribution in [-0.4, -0.2) is 18.6 Å². The second-order valence-corrected chi connectivity index (χ2v) is 6.30. The Morgan fingerprint density at radius 3 is 2.48 bits per heavy atom. The van der Waals surface area contributed by atoms with Crippen LogP contribution in [0.1, 0.15) is 19.4 Å². The number of amides is 1. The first-order chi connectivity index (χ1) is 11.0. The first kappa shape index (κ1) is 17.5. The molecule has 5 heteroatoms. The molecule has 0 saturated heterocycles. The van der Waals surface area contributed by atoms with Crippen LogP contribution in [0.3, 0.4) is 0 Å². The molecule has 2 rings (SSSR count). The summed E-state index contributed by atoms with van der Waals surface area (Å²) in [5, 5.41) is 5.99. The Hall–Kier alpha value is -1.85. The number of ether oxygens (including phenoxy) is 1. The third-order valence-corrected chi connectivity index (χ3v) is 3.75. The summed E-state index contributed by atoms with van der Waals surface area (Å²) in [7, 11) is 0. The van der Waals surface area contributed by atoms with E-state index in [4.69, 9.17) is 4.74 Å². The molecule has 0 heterocycles.